The molecule has 25 heavy (non-hydrogen) atoms. The Morgan fingerprint density at radius 1 is 1.28 bits per heavy atom. The first-order chi connectivity index (χ1) is 12.3. The molecule has 0 radical (unpaired) electrons. The van der Waals surface area contributed by atoms with Gasteiger partial charge in [0.15, 0.2) is 5.82 Å². The van der Waals surface area contributed by atoms with E-state index in [2.05, 4.69) is 50.4 Å². The van der Waals surface area contributed by atoms with Gasteiger partial charge in [-0.1, -0.05) is 35.5 Å². The third kappa shape index (κ3) is 3.64. The number of piperidine rings is 1. The molecule has 0 amide bonds. The van der Waals surface area contributed by atoms with Crippen molar-refractivity contribution in [2.45, 2.75) is 38.1 Å². The van der Waals surface area contributed by atoms with Crippen molar-refractivity contribution >= 4 is 0 Å². The van der Waals surface area contributed by atoms with Gasteiger partial charge in [0.1, 0.15) is 0 Å². The number of hydrogen-bond acceptors (Lipinski definition) is 5. The molecule has 130 valence electrons. The van der Waals surface area contributed by atoms with E-state index >= 15 is 0 Å². The number of likely N-dealkylation sites (tertiary alicyclic amines) is 1. The van der Waals surface area contributed by atoms with E-state index in [-0.39, 0.29) is 6.04 Å². The second kappa shape index (κ2) is 7.19. The van der Waals surface area contributed by atoms with Gasteiger partial charge < -0.3 is 4.52 Å². The number of hydrogen-bond donors (Lipinski definition) is 1. The predicted octanol–water partition coefficient (Wildman–Crippen LogP) is 3.32. The summed E-state index contributed by atoms with van der Waals surface area (Å²) in [5.41, 5.74) is 2.41. The molecule has 3 aromatic rings. The van der Waals surface area contributed by atoms with Crippen LogP contribution in [-0.2, 0) is 6.42 Å². The number of rotatable bonds is 5. The number of nitrogens with one attached hydrogen (secondary N) is 1. The monoisotopic (exact) mass is 337 g/mol. The molecule has 2 atom stereocenters. The zero-order valence-electron chi connectivity index (χ0n) is 14.4. The van der Waals surface area contributed by atoms with E-state index in [9.17, 15) is 0 Å². The fourth-order valence-corrected chi connectivity index (χ4v) is 3.55. The molecule has 1 N–H and O–H groups in total. The minimum Gasteiger partial charge on any atom is -0.338 e. The molecular formula is C19H23N5O. The number of aromatic amines is 1. The Morgan fingerprint density at radius 3 is 2.96 bits per heavy atom. The first kappa shape index (κ1) is 16.0. The lowest BCUT2D eigenvalue weighted by Gasteiger charge is -2.34. The van der Waals surface area contributed by atoms with Crippen molar-refractivity contribution in [2.75, 3.05) is 13.1 Å². The normalized spacial score (nSPS) is 19.8. The van der Waals surface area contributed by atoms with Gasteiger partial charge in [-0.3, -0.25) is 10.00 Å². The lowest BCUT2D eigenvalue weighted by atomic mass is 9.94. The van der Waals surface area contributed by atoms with Crippen LogP contribution >= 0.6 is 0 Å². The molecule has 1 aromatic carbocycles. The lowest BCUT2D eigenvalue weighted by molar-refractivity contribution is 0.132. The largest absolute Gasteiger partial charge is 0.338 e. The summed E-state index contributed by atoms with van der Waals surface area (Å²) in [6, 6.07) is 12.4. The van der Waals surface area contributed by atoms with Gasteiger partial charge >= 0.3 is 0 Å². The van der Waals surface area contributed by atoms with Gasteiger partial charge in [0, 0.05) is 30.8 Å². The van der Waals surface area contributed by atoms with Crippen LogP contribution < -0.4 is 0 Å². The molecule has 0 unspecified atom stereocenters. The standard InChI is InChI=1S/C19H23N5O/c1-14(24-11-5-8-16(13-24)17-9-10-20-22-17)19-21-18(23-25-19)12-15-6-3-2-4-7-15/h2-4,6-7,9-10,14,16H,5,8,11-13H2,1H3,(H,20,22)/t14-,16-/m0/s1. The molecule has 1 aliphatic heterocycles. The van der Waals surface area contributed by atoms with E-state index < -0.39 is 0 Å². The van der Waals surface area contributed by atoms with Gasteiger partial charge in [-0.15, -0.1) is 0 Å². The average Bonchev–Trinajstić information content (AvgIpc) is 3.34. The van der Waals surface area contributed by atoms with E-state index in [1.54, 1.807) is 0 Å². The third-order valence-corrected chi connectivity index (χ3v) is 5.01. The van der Waals surface area contributed by atoms with Gasteiger partial charge in [0.2, 0.25) is 5.89 Å². The second-order valence-electron chi connectivity index (χ2n) is 6.73. The van der Waals surface area contributed by atoms with E-state index in [1.165, 1.54) is 24.1 Å². The van der Waals surface area contributed by atoms with Crippen molar-refractivity contribution in [3.63, 3.8) is 0 Å². The molecule has 0 bridgehead atoms. The molecule has 1 saturated heterocycles. The number of benzene rings is 1. The topological polar surface area (TPSA) is 70.8 Å². The molecule has 3 heterocycles. The molecular weight excluding hydrogens is 314 g/mol. The van der Waals surface area contributed by atoms with Crippen molar-refractivity contribution in [2.24, 2.45) is 0 Å². The summed E-state index contributed by atoms with van der Waals surface area (Å²) in [7, 11) is 0. The summed E-state index contributed by atoms with van der Waals surface area (Å²) in [6.07, 6.45) is 4.88. The molecule has 0 saturated carbocycles. The molecule has 6 nitrogen and oxygen atoms in total. The predicted molar refractivity (Wildman–Crippen MR) is 94.1 cm³/mol. The van der Waals surface area contributed by atoms with Crippen molar-refractivity contribution < 1.29 is 4.52 Å². The first-order valence-electron chi connectivity index (χ1n) is 8.89. The first-order valence-corrected chi connectivity index (χ1v) is 8.89. The minimum absolute atomic E-state index is 0.128. The summed E-state index contributed by atoms with van der Waals surface area (Å²) in [5, 5.41) is 11.4. The van der Waals surface area contributed by atoms with E-state index in [1.807, 2.05) is 24.4 Å². The van der Waals surface area contributed by atoms with Gasteiger partial charge in [-0.2, -0.15) is 10.1 Å². The number of H-pyrrole nitrogens is 1. The van der Waals surface area contributed by atoms with Crippen molar-refractivity contribution in [3.8, 4) is 0 Å². The van der Waals surface area contributed by atoms with Crippen LogP contribution in [0.4, 0.5) is 0 Å². The molecule has 4 rings (SSSR count). The fourth-order valence-electron chi connectivity index (χ4n) is 3.55. The summed E-state index contributed by atoms with van der Waals surface area (Å²) in [5.74, 6) is 1.94. The molecule has 0 spiro atoms. The van der Waals surface area contributed by atoms with Crippen LogP contribution in [0.1, 0.15) is 54.7 Å². The minimum atomic E-state index is 0.128. The summed E-state index contributed by atoms with van der Waals surface area (Å²) >= 11 is 0. The SMILES string of the molecule is C[C@@H](c1nc(Cc2ccccc2)no1)N1CCC[C@H](c2ccn[nH]2)C1. The maximum absolute atomic E-state index is 5.55. The van der Waals surface area contributed by atoms with Gasteiger partial charge in [0.25, 0.3) is 0 Å². The van der Waals surface area contributed by atoms with Crippen molar-refractivity contribution in [1.29, 1.82) is 0 Å². The van der Waals surface area contributed by atoms with Crippen LogP contribution in [0, 0.1) is 0 Å². The average molecular weight is 337 g/mol. The maximum Gasteiger partial charge on any atom is 0.243 e. The highest BCUT2D eigenvalue weighted by Gasteiger charge is 2.28. The Morgan fingerprint density at radius 2 is 2.16 bits per heavy atom. The number of nitrogens with zero attached hydrogens (tertiary/aromatic N) is 4. The molecule has 1 aliphatic rings. The fraction of sp³-hybridized carbons (Fsp3) is 0.421. The lowest BCUT2D eigenvalue weighted by Crippen LogP contribution is -2.36. The van der Waals surface area contributed by atoms with E-state index in [0.717, 1.165) is 18.9 Å². The Kier molecular flexibility index (Phi) is 4.61. The van der Waals surface area contributed by atoms with Gasteiger partial charge in [-0.25, -0.2) is 0 Å². The van der Waals surface area contributed by atoms with Crippen LogP contribution in [0.5, 0.6) is 0 Å². The zero-order chi connectivity index (χ0) is 17.1. The highest BCUT2D eigenvalue weighted by molar-refractivity contribution is 5.18. The highest BCUT2D eigenvalue weighted by atomic mass is 16.5. The van der Waals surface area contributed by atoms with E-state index in [4.69, 9.17) is 4.52 Å². The molecule has 2 aromatic heterocycles. The summed E-state index contributed by atoms with van der Waals surface area (Å²) in [4.78, 5) is 7.05. The Hall–Kier alpha value is -2.47. The second-order valence-corrected chi connectivity index (χ2v) is 6.73. The molecule has 6 heteroatoms. The zero-order valence-corrected chi connectivity index (χ0v) is 14.4. The van der Waals surface area contributed by atoms with Crippen LogP contribution in [0.3, 0.4) is 0 Å². The Bertz CT molecular complexity index is 783. The van der Waals surface area contributed by atoms with Gasteiger partial charge in [0.05, 0.1) is 6.04 Å². The quantitative estimate of drug-likeness (QED) is 0.773. The van der Waals surface area contributed by atoms with Crippen LogP contribution in [-0.4, -0.2) is 38.3 Å². The molecule has 1 fully saturated rings. The molecule has 0 aliphatic carbocycles. The van der Waals surface area contributed by atoms with Crippen LogP contribution in [0.2, 0.25) is 0 Å². The van der Waals surface area contributed by atoms with E-state index in [0.29, 0.717) is 18.2 Å². The smallest absolute Gasteiger partial charge is 0.243 e. The Labute approximate surface area is 147 Å². The maximum atomic E-state index is 5.55. The van der Waals surface area contributed by atoms with Gasteiger partial charge in [-0.05, 0) is 37.9 Å². The highest BCUT2D eigenvalue weighted by Crippen LogP contribution is 2.30. The third-order valence-electron chi connectivity index (χ3n) is 5.01. The van der Waals surface area contributed by atoms with Crippen molar-refractivity contribution in [1.82, 2.24) is 25.2 Å². The van der Waals surface area contributed by atoms with Crippen LogP contribution in [0.25, 0.3) is 0 Å². The van der Waals surface area contributed by atoms with Crippen LogP contribution in [0.15, 0.2) is 47.1 Å². The summed E-state index contributed by atoms with van der Waals surface area (Å²) < 4.78 is 5.55. The summed E-state index contributed by atoms with van der Waals surface area (Å²) in [6.45, 7) is 4.19. The Balaban J connectivity index is 1.43. The van der Waals surface area contributed by atoms with Crippen molar-refractivity contribution in [3.05, 3.63) is 65.6 Å². The number of aromatic nitrogens is 4.